The molecule has 0 saturated carbocycles. The highest BCUT2D eigenvalue weighted by atomic mass is 35.5. The Labute approximate surface area is 243 Å². The Balaban J connectivity index is 1.74. The molecule has 1 aliphatic heterocycles. The summed E-state index contributed by atoms with van der Waals surface area (Å²) >= 11 is 12.9. The van der Waals surface area contributed by atoms with Gasteiger partial charge in [0.05, 0.1) is 5.56 Å². The number of rotatable bonds is 10. The number of sulfonamides is 1. The molecule has 0 fully saturated rings. The van der Waals surface area contributed by atoms with Crippen molar-refractivity contribution in [3.8, 4) is 0 Å². The Morgan fingerprint density at radius 2 is 1.55 bits per heavy atom. The molecule has 40 heavy (non-hydrogen) atoms. The summed E-state index contributed by atoms with van der Waals surface area (Å²) in [6, 6.07) is 18.8. The zero-order chi connectivity index (χ0) is 29.0. The zero-order valence-corrected chi connectivity index (χ0v) is 24.3. The molecule has 1 N–H and O–H groups in total. The highest BCUT2D eigenvalue weighted by molar-refractivity contribution is 7.90. The molecule has 0 radical (unpaired) electrons. The minimum atomic E-state index is -4.26. The molecule has 3 aromatic rings. The third-order valence-corrected chi connectivity index (χ3v) is 9.03. The number of fused-ring (bicyclic) bond motifs is 1. The second kappa shape index (κ2) is 12.4. The summed E-state index contributed by atoms with van der Waals surface area (Å²) in [7, 11) is -4.26. The minimum absolute atomic E-state index is 0.00786. The summed E-state index contributed by atoms with van der Waals surface area (Å²) in [5.74, 6) is -1.83. The quantitative estimate of drug-likeness (QED) is 0.367. The van der Waals surface area contributed by atoms with E-state index in [2.05, 4.69) is 5.32 Å². The summed E-state index contributed by atoms with van der Waals surface area (Å²) in [5.41, 5.74) is 1.17. The van der Waals surface area contributed by atoms with Crippen molar-refractivity contribution < 1.29 is 22.8 Å². The van der Waals surface area contributed by atoms with Gasteiger partial charge in [0.1, 0.15) is 17.5 Å². The topological polar surface area (TPSA) is 104 Å². The van der Waals surface area contributed by atoms with Gasteiger partial charge in [-0.1, -0.05) is 85.6 Å². The van der Waals surface area contributed by atoms with Gasteiger partial charge in [0.2, 0.25) is 11.8 Å². The van der Waals surface area contributed by atoms with Gasteiger partial charge in [0, 0.05) is 35.1 Å². The third-order valence-electron chi connectivity index (χ3n) is 6.54. The van der Waals surface area contributed by atoms with Crippen molar-refractivity contribution in [3.05, 3.63) is 99.5 Å². The third kappa shape index (κ3) is 6.32. The smallest absolute Gasteiger partial charge is 0.269 e. The van der Waals surface area contributed by atoms with E-state index in [-0.39, 0.29) is 39.4 Å². The van der Waals surface area contributed by atoms with E-state index < -0.39 is 40.3 Å². The molecule has 0 aliphatic carbocycles. The Morgan fingerprint density at radius 1 is 0.925 bits per heavy atom. The zero-order valence-electron chi connectivity index (χ0n) is 22.0. The second-order valence-corrected chi connectivity index (χ2v) is 12.5. The average molecular weight is 603 g/mol. The van der Waals surface area contributed by atoms with Gasteiger partial charge in [-0.2, -0.15) is 0 Å². The van der Waals surface area contributed by atoms with Crippen LogP contribution in [0, 0.1) is 5.92 Å². The molecule has 0 aromatic heterocycles. The first-order valence-corrected chi connectivity index (χ1v) is 14.9. The summed E-state index contributed by atoms with van der Waals surface area (Å²) < 4.78 is 27.0. The van der Waals surface area contributed by atoms with Crippen LogP contribution < -0.4 is 5.32 Å². The predicted molar refractivity (Wildman–Crippen MR) is 153 cm³/mol. The summed E-state index contributed by atoms with van der Waals surface area (Å²) in [6.45, 7) is 3.29. The normalized spacial score (nSPS) is 14.6. The van der Waals surface area contributed by atoms with Crippen LogP contribution in [0.2, 0.25) is 10.0 Å². The Bertz CT molecular complexity index is 1510. The van der Waals surface area contributed by atoms with Gasteiger partial charge in [-0.3, -0.25) is 14.4 Å². The van der Waals surface area contributed by atoms with E-state index in [1.54, 1.807) is 24.3 Å². The minimum Gasteiger partial charge on any atom is -0.354 e. The van der Waals surface area contributed by atoms with Crippen LogP contribution in [-0.2, 0) is 32.6 Å². The van der Waals surface area contributed by atoms with E-state index in [4.69, 9.17) is 23.2 Å². The number of carbonyl (C=O) groups is 3. The Hall–Kier alpha value is -3.40. The van der Waals surface area contributed by atoms with E-state index in [1.807, 2.05) is 44.2 Å². The Morgan fingerprint density at radius 3 is 2.17 bits per heavy atom. The van der Waals surface area contributed by atoms with Crippen LogP contribution in [0.1, 0.15) is 35.3 Å². The Kier molecular flexibility index (Phi) is 9.18. The summed E-state index contributed by atoms with van der Waals surface area (Å²) in [6.07, 6.45) is 0.138. The van der Waals surface area contributed by atoms with Crippen molar-refractivity contribution >= 4 is 50.9 Å². The summed E-state index contributed by atoms with van der Waals surface area (Å²) in [5, 5.41) is 3.45. The molecule has 1 heterocycles. The van der Waals surface area contributed by atoms with Gasteiger partial charge in [-0.05, 0) is 35.7 Å². The first-order chi connectivity index (χ1) is 19.0. The average Bonchev–Trinajstić information content (AvgIpc) is 3.11. The molecule has 0 bridgehead atoms. The van der Waals surface area contributed by atoms with E-state index in [0.29, 0.717) is 16.4 Å². The molecule has 210 valence electrons. The maximum atomic E-state index is 14.0. The van der Waals surface area contributed by atoms with Crippen LogP contribution >= 0.6 is 23.2 Å². The second-order valence-electron chi connectivity index (χ2n) is 9.88. The van der Waals surface area contributed by atoms with Crippen LogP contribution in [0.5, 0.6) is 0 Å². The summed E-state index contributed by atoms with van der Waals surface area (Å²) in [4.78, 5) is 41.7. The van der Waals surface area contributed by atoms with Crippen molar-refractivity contribution in [1.29, 1.82) is 0 Å². The van der Waals surface area contributed by atoms with Crippen molar-refractivity contribution in [2.24, 2.45) is 5.92 Å². The molecule has 4 rings (SSSR count). The lowest BCUT2D eigenvalue weighted by atomic mass is 10.0. The van der Waals surface area contributed by atoms with Crippen LogP contribution in [0.3, 0.4) is 0 Å². The number of nitrogens with one attached hydrogen (secondary N) is 1. The van der Waals surface area contributed by atoms with Crippen LogP contribution in [-0.4, -0.2) is 54.5 Å². The predicted octanol–water partition coefficient (Wildman–Crippen LogP) is 4.55. The molecule has 0 saturated heterocycles. The van der Waals surface area contributed by atoms with Gasteiger partial charge >= 0.3 is 0 Å². The monoisotopic (exact) mass is 601 g/mol. The number of carbonyl (C=O) groups excluding carboxylic acids is 3. The van der Waals surface area contributed by atoms with Crippen molar-refractivity contribution in [1.82, 2.24) is 14.5 Å². The van der Waals surface area contributed by atoms with Gasteiger partial charge in [-0.25, -0.2) is 12.7 Å². The first kappa shape index (κ1) is 29.6. The lowest BCUT2D eigenvalue weighted by molar-refractivity contribution is -0.141. The van der Waals surface area contributed by atoms with Crippen molar-refractivity contribution in [2.45, 2.75) is 37.8 Å². The maximum absolute atomic E-state index is 14.0. The van der Waals surface area contributed by atoms with Crippen LogP contribution in [0.25, 0.3) is 0 Å². The number of benzene rings is 3. The molecule has 11 heteroatoms. The standard InChI is InChI=1S/C29H29Cl2N3O5S/c1-19(2)16-32-28(36)25(15-20-9-4-3-5-10-20)33(17-22-23(30)12-8-13-24(22)31)27(35)18-34-29(37)21-11-6-7-14-26(21)40(34,38)39/h3-14,19,25H,15-18H2,1-2H3,(H,32,36)/t25-/m1/s1. The van der Waals surface area contributed by atoms with Crippen molar-refractivity contribution in [2.75, 3.05) is 13.1 Å². The molecule has 8 nitrogen and oxygen atoms in total. The molecule has 3 amide bonds. The maximum Gasteiger partial charge on any atom is 0.269 e. The number of halogens is 2. The van der Waals surface area contributed by atoms with E-state index >= 15 is 0 Å². The molecule has 0 spiro atoms. The van der Waals surface area contributed by atoms with E-state index in [9.17, 15) is 22.8 Å². The molecule has 3 aromatic carbocycles. The number of nitrogens with zero attached hydrogens (tertiary/aromatic N) is 2. The van der Waals surface area contributed by atoms with Gasteiger partial charge in [0.25, 0.3) is 15.9 Å². The number of hydrogen-bond donors (Lipinski definition) is 1. The highest BCUT2D eigenvalue weighted by Crippen LogP contribution is 2.31. The molecule has 0 unspecified atom stereocenters. The van der Waals surface area contributed by atoms with Crippen LogP contribution in [0.4, 0.5) is 0 Å². The van der Waals surface area contributed by atoms with Gasteiger partial charge in [-0.15, -0.1) is 0 Å². The molecule has 1 aliphatic rings. The van der Waals surface area contributed by atoms with Gasteiger partial charge in [0.15, 0.2) is 0 Å². The first-order valence-electron chi connectivity index (χ1n) is 12.7. The fourth-order valence-electron chi connectivity index (χ4n) is 4.43. The van der Waals surface area contributed by atoms with E-state index in [1.165, 1.54) is 23.1 Å². The number of hydrogen-bond acceptors (Lipinski definition) is 5. The fourth-order valence-corrected chi connectivity index (χ4v) is 6.47. The molecular weight excluding hydrogens is 573 g/mol. The lowest BCUT2D eigenvalue weighted by Crippen LogP contribution is -2.53. The fraction of sp³-hybridized carbons (Fsp3) is 0.276. The lowest BCUT2D eigenvalue weighted by Gasteiger charge is -2.33. The SMILES string of the molecule is CC(C)CNC(=O)[C@@H](Cc1ccccc1)N(Cc1c(Cl)cccc1Cl)C(=O)CN1C(=O)c2ccccc2S1(=O)=O. The van der Waals surface area contributed by atoms with Crippen LogP contribution in [0.15, 0.2) is 77.7 Å². The van der Waals surface area contributed by atoms with Crippen molar-refractivity contribution in [3.63, 3.8) is 0 Å². The molecular formula is C29H29Cl2N3O5S. The number of amides is 3. The van der Waals surface area contributed by atoms with Gasteiger partial charge < -0.3 is 10.2 Å². The largest absolute Gasteiger partial charge is 0.354 e. The molecule has 1 atom stereocenters. The van der Waals surface area contributed by atoms with E-state index in [0.717, 1.165) is 5.56 Å². The highest BCUT2D eigenvalue weighted by Gasteiger charge is 2.43.